The molecule has 1 aromatic heterocycles. The molecule has 0 radical (unpaired) electrons. The first-order valence-electron chi connectivity index (χ1n) is 11.1. The molecule has 0 saturated carbocycles. The molecule has 1 saturated heterocycles. The van der Waals surface area contributed by atoms with E-state index in [2.05, 4.69) is 27.5 Å². The minimum atomic E-state index is -0.982. The summed E-state index contributed by atoms with van der Waals surface area (Å²) in [6.07, 6.45) is 1.95. The number of hydrogen-bond acceptors (Lipinski definition) is 7. The molecule has 3 heterocycles. The Hall–Kier alpha value is -3.69. The topological polar surface area (TPSA) is 133 Å². The predicted molar refractivity (Wildman–Crippen MR) is 122 cm³/mol. The van der Waals surface area contributed by atoms with Crippen LogP contribution in [0.2, 0.25) is 0 Å². The van der Waals surface area contributed by atoms with Gasteiger partial charge < -0.3 is 20.3 Å². The Morgan fingerprint density at radius 1 is 1.24 bits per heavy atom. The van der Waals surface area contributed by atoms with Gasteiger partial charge in [0, 0.05) is 25.2 Å². The van der Waals surface area contributed by atoms with Gasteiger partial charge in [0.05, 0.1) is 23.7 Å². The van der Waals surface area contributed by atoms with E-state index in [-0.39, 0.29) is 30.3 Å². The van der Waals surface area contributed by atoms with Crippen LogP contribution in [0, 0.1) is 5.92 Å². The average Bonchev–Trinajstić information content (AvgIpc) is 2.78. The average molecular weight is 453 g/mol. The van der Waals surface area contributed by atoms with E-state index in [9.17, 15) is 19.2 Å². The molecule has 3 N–H and O–H groups in total. The number of nitrogens with zero attached hydrogens (tertiary/aromatic N) is 2. The molecule has 0 aliphatic carbocycles. The van der Waals surface area contributed by atoms with Gasteiger partial charge >= 0.3 is 5.97 Å². The molecule has 33 heavy (non-hydrogen) atoms. The number of ether oxygens (including phenoxy) is 1. The van der Waals surface area contributed by atoms with Gasteiger partial charge in [0.15, 0.2) is 0 Å². The summed E-state index contributed by atoms with van der Waals surface area (Å²) in [5.74, 6) is -1.31. The first kappa shape index (κ1) is 22.5. The number of fused-ring (bicyclic) bond motifs is 1. The molecule has 2 amide bonds. The second-order valence-electron chi connectivity index (χ2n) is 8.44. The number of aromatic nitrogens is 2. The van der Waals surface area contributed by atoms with Crippen LogP contribution in [0.15, 0.2) is 29.1 Å². The van der Waals surface area contributed by atoms with Crippen LogP contribution in [-0.2, 0) is 14.3 Å². The Labute approximate surface area is 190 Å². The molecule has 174 valence electrons. The van der Waals surface area contributed by atoms with Crippen molar-refractivity contribution in [3.8, 4) is 0 Å². The van der Waals surface area contributed by atoms with Gasteiger partial charge in [0.2, 0.25) is 17.8 Å². The fraction of sp³-hybridized carbons (Fsp3) is 0.435. The third kappa shape index (κ3) is 4.89. The summed E-state index contributed by atoms with van der Waals surface area (Å²) >= 11 is 0. The van der Waals surface area contributed by atoms with Gasteiger partial charge in [-0.05, 0) is 49.9 Å². The molecule has 10 nitrogen and oxygen atoms in total. The number of rotatable bonds is 5. The van der Waals surface area contributed by atoms with E-state index < -0.39 is 23.4 Å². The van der Waals surface area contributed by atoms with E-state index in [1.807, 2.05) is 4.90 Å². The number of amides is 2. The number of benzene rings is 1. The summed E-state index contributed by atoms with van der Waals surface area (Å²) in [5, 5.41) is 5.36. The van der Waals surface area contributed by atoms with Gasteiger partial charge in [-0.3, -0.25) is 19.4 Å². The maximum absolute atomic E-state index is 13.0. The van der Waals surface area contributed by atoms with E-state index in [4.69, 9.17) is 4.74 Å². The molecule has 2 aliphatic heterocycles. The summed E-state index contributed by atoms with van der Waals surface area (Å²) in [5.41, 5.74) is 0.497. The van der Waals surface area contributed by atoms with E-state index >= 15 is 0 Å². The minimum Gasteiger partial charge on any atom is -0.462 e. The summed E-state index contributed by atoms with van der Waals surface area (Å²) < 4.78 is 4.95. The van der Waals surface area contributed by atoms with Gasteiger partial charge in [0.25, 0.3) is 5.56 Å². The second-order valence-corrected chi connectivity index (χ2v) is 8.44. The first-order chi connectivity index (χ1) is 15.9. The molecule has 2 aromatic rings. The number of H-pyrrole nitrogens is 1. The molecule has 10 heteroatoms. The molecule has 0 bridgehead atoms. The number of anilines is 3. The van der Waals surface area contributed by atoms with Crippen molar-refractivity contribution in [1.82, 2.24) is 9.97 Å². The van der Waals surface area contributed by atoms with Crippen molar-refractivity contribution in [2.24, 2.45) is 5.92 Å². The molecule has 1 aromatic carbocycles. The number of nitrogens with one attached hydrogen (secondary N) is 3. The molecular weight excluding hydrogens is 426 g/mol. The second kappa shape index (κ2) is 9.43. The molecule has 0 spiro atoms. The van der Waals surface area contributed by atoms with E-state index in [1.165, 1.54) is 12.1 Å². The zero-order chi connectivity index (χ0) is 23.5. The fourth-order valence-electron chi connectivity index (χ4n) is 4.25. The lowest BCUT2D eigenvalue weighted by Gasteiger charge is -2.32. The van der Waals surface area contributed by atoms with Crippen molar-refractivity contribution in [3.63, 3.8) is 0 Å². The van der Waals surface area contributed by atoms with Crippen LogP contribution in [-0.4, -0.2) is 47.4 Å². The zero-order valence-electron chi connectivity index (χ0n) is 18.6. The van der Waals surface area contributed by atoms with Crippen molar-refractivity contribution in [3.05, 3.63) is 45.7 Å². The van der Waals surface area contributed by atoms with Crippen molar-refractivity contribution in [2.75, 3.05) is 35.2 Å². The van der Waals surface area contributed by atoms with Gasteiger partial charge in [-0.2, -0.15) is 4.98 Å². The maximum Gasteiger partial charge on any atom is 0.338 e. The highest BCUT2D eigenvalue weighted by Crippen LogP contribution is 2.31. The summed E-state index contributed by atoms with van der Waals surface area (Å²) in [6, 6.07) is 6.21. The van der Waals surface area contributed by atoms with Gasteiger partial charge in [0.1, 0.15) is 5.82 Å². The number of aromatic amines is 1. The molecule has 2 aliphatic rings. The number of carbonyl (C=O) groups is 3. The Kier molecular flexibility index (Phi) is 6.43. The number of carbonyl (C=O) groups excluding carboxylic acids is 3. The minimum absolute atomic E-state index is 0.126. The monoisotopic (exact) mass is 453 g/mol. The number of esters is 1. The van der Waals surface area contributed by atoms with Crippen LogP contribution in [0.5, 0.6) is 0 Å². The van der Waals surface area contributed by atoms with E-state index in [0.717, 1.165) is 25.9 Å². The normalized spacial score (nSPS) is 19.9. The highest BCUT2D eigenvalue weighted by Gasteiger charge is 2.35. The Morgan fingerprint density at radius 3 is 2.70 bits per heavy atom. The molecular formula is C23H27N5O5. The van der Waals surface area contributed by atoms with Crippen LogP contribution < -0.4 is 21.1 Å². The summed E-state index contributed by atoms with van der Waals surface area (Å²) in [6.45, 7) is 5.66. The highest BCUT2D eigenvalue weighted by atomic mass is 16.5. The standard InChI is InChI=1S/C23H27N5O5/c1-3-33-22(32)14-6-8-15(9-7-14)24-20(30)16-11-17(29)25-19-18(16)21(31)27-23(26-19)28-10-4-5-13(2)12-28/h6-9,13,16H,3-5,10-12H2,1-2H3,(H,24,30)(H2,25,26,27,29,31)/t13-,16+/m1/s1. The maximum atomic E-state index is 13.0. The van der Waals surface area contributed by atoms with Crippen LogP contribution in [0.4, 0.5) is 17.5 Å². The third-order valence-corrected chi connectivity index (χ3v) is 5.88. The molecule has 0 unspecified atom stereocenters. The lowest BCUT2D eigenvalue weighted by molar-refractivity contribution is -0.123. The first-order valence-corrected chi connectivity index (χ1v) is 11.1. The molecule has 2 atom stereocenters. The van der Waals surface area contributed by atoms with Gasteiger partial charge in [-0.1, -0.05) is 6.92 Å². The largest absolute Gasteiger partial charge is 0.462 e. The van der Waals surface area contributed by atoms with E-state index in [1.54, 1.807) is 19.1 Å². The van der Waals surface area contributed by atoms with Gasteiger partial charge in [-0.15, -0.1) is 0 Å². The van der Waals surface area contributed by atoms with E-state index in [0.29, 0.717) is 23.1 Å². The SMILES string of the molecule is CCOC(=O)c1ccc(NC(=O)[C@H]2CC(=O)Nc3nc(N4CCC[C@@H](C)C4)[nH]c(=O)c32)cc1. The Bertz CT molecular complexity index is 1130. The molecule has 4 rings (SSSR count). The summed E-state index contributed by atoms with van der Waals surface area (Å²) in [4.78, 5) is 59.3. The predicted octanol–water partition coefficient (Wildman–Crippen LogP) is 2.25. The van der Waals surface area contributed by atoms with Crippen molar-refractivity contribution in [1.29, 1.82) is 0 Å². The Morgan fingerprint density at radius 2 is 2.00 bits per heavy atom. The quantitative estimate of drug-likeness (QED) is 0.591. The lowest BCUT2D eigenvalue weighted by Crippen LogP contribution is -2.40. The van der Waals surface area contributed by atoms with Crippen LogP contribution >= 0.6 is 0 Å². The van der Waals surface area contributed by atoms with Crippen LogP contribution in [0.3, 0.4) is 0 Å². The smallest absolute Gasteiger partial charge is 0.338 e. The van der Waals surface area contributed by atoms with Gasteiger partial charge in [-0.25, -0.2) is 4.79 Å². The van der Waals surface area contributed by atoms with Crippen molar-refractivity contribution < 1.29 is 19.1 Å². The van der Waals surface area contributed by atoms with Crippen molar-refractivity contribution >= 4 is 35.2 Å². The summed E-state index contributed by atoms with van der Waals surface area (Å²) in [7, 11) is 0. The number of hydrogen-bond donors (Lipinski definition) is 3. The highest BCUT2D eigenvalue weighted by molar-refractivity contribution is 6.04. The van der Waals surface area contributed by atoms with Crippen LogP contribution in [0.25, 0.3) is 0 Å². The lowest BCUT2D eigenvalue weighted by atomic mass is 9.92. The third-order valence-electron chi connectivity index (χ3n) is 5.88. The molecule has 1 fully saturated rings. The number of piperidine rings is 1. The Balaban J connectivity index is 1.56. The van der Waals surface area contributed by atoms with Crippen molar-refractivity contribution in [2.45, 2.75) is 39.0 Å². The van der Waals surface area contributed by atoms with Crippen LogP contribution in [0.1, 0.15) is 54.9 Å². The fourth-order valence-corrected chi connectivity index (χ4v) is 4.25. The zero-order valence-corrected chi connectivity index (χ0v) is 18.6.